The first-order valence-corrected chi connectivity index (χ1v) is 36.4. The Hall–Kier alpha value is -3.14. The van der Waals surface area contributed by atoms with Crippen molar-refractivity contribution in [3.63, 3.8) is 0 Å². The zero-order valence-electron chi connectivity index (χ0n) is 53.3. The van der Waals surface area contributed by atoms with Gasteiger partial charge in [0.1, 0.15) is 12.2 Å². The van der Waals surface area contributed by atoms with E-state index in [0.29, 0.717) is 33.0 Å². The van der Waals surface area contributed by atoms with Crippen LogP contribution < -0.4 is 0 Å². The van der Waals surface area contributed by atoms with Crippen LogP contribution in [0.2, 0.25) is 18.1 Å². The van der Waals surface area contributed by atoms with Gasteiger partial charge in [-0.2, -0.15) is 0 Å². The van der Waals surface area contributed by atoms with Crippen LogP contribution in [-0.2, 0) is 36.6 Å². The molecule has 0 unspecified atom stereocenters. The maximum absolute atomic E-state index is 9.64. The van der Waals surface area contributed by atoms with Gasteiger partial charge in [-0.1, -0.05) is 336 Å². The number of rotatable bonds is 50. The number of benzene rings is 4. The van der Waals surface area contributed by atoms with Gasteiger partial charge in [0, 0.05) is 13.2 Å². The smallest absolute Gasteiger partial charge is 0.192 e. The van der Waals surface area contributed by atoms with Crippen LogP contribution in [0, 0.1) is 0 Å². The van der Waals surface area contributed by atoms with Gasteiger partial charge in [0.15, 0.2) is 8.32 Å². The third kappa shape index (κ3) is 37.0. The molecule has 7 heteroatoms. The maximum Gasteiger partial charge on any atom is 0.192 e. The van der Waals surface area contributed by atoms with E-state index in [9.17, 15) is 5.11 Å². The topological polar surface area (TPSA) is 66.4 Å². The molecule has 458 valence electrons. The quantitative estimate of drug-likeness (QED) is 0.0351. The molecule has 0 spiro atoms. The second-order valence-corrected chi connectivity index (χ2v) is 29.8. The summed E-state index contributed by atoms with van der Waals surface area (Å²) < 4.78 is 30.7. The predicted octanol–water partition coefficient (Wildman–Crippen LogP) is 22.0. The molecule has 0 radical (unpaired) electrons. The lowest BCUT2D eigenvalue weighted by Crippen LogP contribution is -2.43. The van der Waals surface area contributed by atoms with Gasteiger partial charge in [-0.25, -0.2) is 0 Å². The Bertz CT molecular complexity index is 1970. The summed E-state index contributed by atoms with van der Waals surface area (Å²) in [6.45, 7) is 20.3. The molecule has 0 aliphatic carbocycles. The third-order valence-corrected chi connectivity index (χ3v) is 21.1. The zero-order valence-corrected chi connectivity index (χ0v) is 54.3. The van der Waals surface area contributed by atoms with Crippen molar-refractivity contribution < 1.29 is 28.5 Å². The van der Waals surface area contributed by atoms with Crippen LogP contribution in [0.25, 0.3) is 22.3 Å². The Kier molecular flexibility index (Phi) is 42.9. The molecule has 1 N–H and O–H groups in total. The summed E-state index contributed by atoms with van der Waals surface area (Å²) >= 11 is 0. The third-order valence-electron chi connectivity index (χ3n) is 16.6. The van der Waals surface area contributed by atoms with Crippen molar-refractivity contribution in [3.8, 4) is 22.3 Å². The van der Waals surface area contributed by atoms with Gasteiger partial charge in [-0.3, -0.25) is 0 Å². The Morgan fingerprint density at radius 3 is 0.951 bits per heavy atom. The summed E-state index contributed by atoms with van der Waals surface area (Å²) in [6, 6.07) is 38.0. The minimum atomic E-state index is -1.85. The molecule has 0 aliphatic heterocycles. The highest BCUT2D eigenvalue weighted by Gasteiger charge is 2.37. The molecule has 0 heterocycles. The van der Waals surface area contributed by atoms with Crippen molar-refractivity contribution in [2.24, 2.45) is 0 Å². The second-order valence-electron chi connectivity index (χ2n) is 25.0. The van der Waals surface area contributed by atoms with Crippen LogP contribution >= 0.6 is 0 Å². The van der Waals surface area contributed by atoms with Crippen molar-refractivity contribution in [1.82, 2.24) is 0 Å². The Morgan fingerprint density at radius 2 is 0.642 bits per heavy atom. The molecule has 0 saturated heterocycles. The predicted molar refractivity (Wildman–Crippen MR) is 352 cm³/mol. The fourth-order valence-electron chi connectivity index (χ4n) is 10.0. The van der Waals surface area contributed by atoms with E-state index in [4.69, 9.17) is 23.4 Å². The van der Waals surface area contributed by atoms with Gasteiger partial charge in [0.05, 0.1) is 39.6 Å². The highest BCUT2D eigenvalue weighted by Crippen LogP contribution is 2.37. The van der Waals surface area contributed by atoms with E-state index in [-0.39, 0.29) is 23.9 Å². The van der Waals surface area contributed by atoms with Crippen molar-refractivity contribution >= 4 is 8.32 Å². The van der Waals surface area contributed by atoms with Crippen molar-refractivity contribution in [1.29, 1.82) is 0 Å². The van der Waals surface area contributed by atoms with Gasteiger partial charge in [0.25, 0.3) is 0 Å². The average Bonchev–Trinajstić information content (AvgIpc) is 3.49. The summed E-state index contributed by atoms with van der Waals surface area (Å²) in [5.41, 5.74) is 7.17. The fraction of sp³-hybridized carbons (Fsp3) is 0.676. The van der Waals surface area contributed by atoms with Crippen molar-refractivity contribution in [2.45, 2.75) is 284 Å². The lowest BCUT2D eigenvalue weighted by molar-refractivity contribution is -0.0502. The zero-order chi connectivity index (χ0) is 58.2. The first-order chi connectivity index (χ1) is 39.6. The molecule has 0 bridgehead atoms. The van der Waals surface area contributed by atoms with E-state index < -0.39 is 8.32 Å². The molecular formula is C74H122O6Si. The van der Waals surface area contributed by atoms with Crippen LogP contribution in [0.5, 0.6) is 0 Å². The fourth-order valence-corrected chi connectivity index (χ4v) is 11.1. The Labute approximate surface area is 500 Å². The Morgan fingerprint density at radius 1 is 0.358 bits per heavy atom. The SMILES string of the molecule is CCCCCCCCCCCCCCCCCCOC[C@H](CO)OCc1ccc(-c2ccccc2)cc1.CCCCCCCCCCCCCCCCCCOC[C@H](CO[Si](C)(C)C(C)(C)C)OCc1ccc(-c2ccccc2)cc1. The van der Waals surface area contributed by atoms with Crippen LogP contribution in [0.1, 0.15) is 251 Å². The standard InChI is InChI=1S/C40H68O3Si.C34H54O3/c1-7-8-9-10-11-12-13-14-15-16-17-18-19-20-21-25-32-41-34-39(35-43-44(5,6)40(2,3)4)42-33-36-28-30-38(31-29-36)37-26-23-22-24-27-37;1-2-3-4-5-6-7-8-9-10-11-12-13-14-15-16-20-27-36-30-34(28-35)37-29-31-23-25-33(26-24-31)32-21-18-17-19-22-32/h22-24,26-31,39H,7-21,25,32-35H2,1-6H3;17-19,21-26,34-35H,2-16,20,27-30H2,1H3/t39-;34-/m10/s1. The minimum Gasteiger partial charge on any atom is -0.414 e. The molecule has 4 aromatic carbocycles. The van der Waals surface area contributed by atoms with Gasteiger partial charge in [0.2, 0.25) is 0 Å². The minimum absolute atomic E-state index is 0.0128. The average molecular weight is 1140 g/mol. The lowest BCUT2D eigenvalue weighted by atomic mass is 10.0. The highest BCUT2D eigenvalue weighted by atomic mass is 28.4. The first kappa shape index (κ1) is 72.1. The summed E-state index contributed by atoms with van der Waals surface area (Å²) in [4.78, 5) is 0. The maximum atomic E-state index is 9.64. The van der Waals surface area contributed by atoms with E-state index in [2.05, 4.69) is 151 Å². The van der Waals surface area contributed by atoms with Crippen LogP contribution in [0.15, 0.2) is 109 Å². The van der Waals surface area contributed by atoms with E-state index >= 15 is 0 Å². The molecule has 2 atom stereocenters. The van der Waals surface area contributed by atoms with E-state index in [0.717, 1.165) is 31.6 Å². The van der Waals surface area contributed by atoms with E-state index in [1.54, 1.807) is 0 Å². The molecule has 0 amide bonds. The lowest BCUT2D eigenvalue weighted by Gasteiger charge is -2.37. The molecule has 0 aromatic heterocycles. The first-order valence-electron chi connectivity index (χ1n) is 33.5. The normalized spacial score (nSPS) is 12.6. The van der Waals surface area contributed by atoms with Crippen LogP contribution in [0.3, 0.4) is 0 Å². The van der Waals surface area contributed by atoms with Crippen LogP contribution in [-0.4, -0.2) is 65.3 Å². The summed E-state index contributed by atoms with van der Waals surface area (Å²) in [6.07, 6.45) is 43.9. The van der Waals surface area contributed by atoms with Crippen molar-refractivity contribution in [2.75, 3.05) is 39.6 Å². The molecule has 0 saturated carbocycles. The molecule has 0 fully saturated rings. The van der Waals surface area contributed by atoms with Gasteiger partial charge < -0.3 is 28.5 Å². The molecule has 4 rings (SSSR count). The largest absolute Gasteiger partial charge is 0.414 e. The summed E-state index contributed by atoms with van der Waals surface area (Å²) in [7, 11) is -1.85. The molecule has 6 nitrogen and oxygen atoms in total. The number of aliphatic hydroxyl groups is 1. The number of hydrogen-bond donors (Lipinski definition) is 1. The highest BCUT2D eigenvalue weighted by molar-refractivity contribution is 6.74. The second kappa shape index (κ2) is 48.1. The number of aliphatic hydroxyl groups excluding tert-OH is 1. The van der Waals surface area contributed by atoms with Crippen molar-refractivity contribution in [3.05, 3.63) is 120 Å². The molecule has 4 aromatic rings. The van der Waals surface area contributed by atoms with E-state index in [1.807, 2.05) is 6.07 Å². The van der Waals surface area contributed by atoms with Crippen LogP contribution in [0.4, 0.5) is 0 Å². The molecular weight excluding hydrogens is 1010 g/mol. The monoisotopic (exact) mass is 1130 g/mol. The summed E-state index contributed by atoms with van der Waals surface area (Å²) in [5, 5.41) is 9.82. The molecule has 0 aliphatic rings. The summed E-state index contributed by atoms with van der Waals surface area (Å²) in [5.74, 6) is 0. The van der Waals surface area contributed by atoms with Gasteiger partial charge in [-0.15, -0.1) is 0 Å². The van der Waals surface area contributed by atoms with E-state index in [1.165, 1.54) is 220 Å². The number of hydrogen-bond acceptors (Lipinski definition) is 6. The Balaban J connectivity index is 0.000000432. The van der Waals surface area contributed by atoms with Gasteiger partial charge in [-0.05, 0) is 64.4 Å². The number of ether oxygens (including phenoxy) is 4. The molecule has 81 heavy (non-hydrogen) atoms. The number of unbranched alkanes of at least 4 members (excludes halogenated alkanes) is 30. The van der Waals surface area contributed by atoms with Gasteiger partial charge >= 0.3 is 0 Å².